The average molecular weight is 201 g/mol. The van der Waals surface area contributed by atoms with Crippen LogP contribution < -0.4 is 0 Å². The van der Waals surface area contributed by atoms with E-state index in [4.69, 9.17) is 0 Å². The molecule has 1 unspecified atom stereocenters. The third-order valence-electron chi connectivity index (χ3n) is 3.25. The van der Waals surface area contributed by atoms with E-state index in [1.165, 1.54) is 16.7 Å². The summed E-state index contributed by atoms with van der Waals surface area (Å²) < 4.78 is 0. The summed E-state index contributed by atoms with van der Waals surface area (Å²) in [6.07, 6.45) is 4.85. The molecule has 0 bridgehead atoms. The van der Waals surface area contributed by atoms with E-state index >= 15 is 0 Å². The summed E-state index contributed by atoms with van der Waals surface area (Å²) in [5, 5.41) is 0. The average Bonchev–Trinajstić information content (AvgIpc) is 2.20. The van der Waals surface area contributed by atoms with Crippen LogP contribution in [0.15, 0.2) is 23.2 Å². The summed E-state index contributed by atoms with van der Waals surface area (Å²) in [7, 11) is 0. The molecular weight excluding hydrogens is 186 g/mol. The van der Waals surface area contributed by atoms with Crippen molar-refractivity contribution in [1.82, 2.24) is 0 Å². The van der Waals surface area contributed by atoms with Crippen molar-refractivity contribution in [2.45, 2.75) is 38.6 Å². The molecular formula is C13H15NO. The lowest BCUT2D eigenvalue weighted by atomic mass is 9.78. The van der Waals surface area contributed by atoms with Crippen LogP contribution in [-0.2, 0) is 16.8 Å². The first-order valence-electron chi connectivity index (χ1n) is 5.35. The van der Waals surface area contributed by atoms with Crippen molar-refractivity contribution in [3.8, 4) is 0 Å². The van der Waals surface area contributed by atoms with Crippen molar-refractivity contribution in [3.63, 3.8) is 0 Å². The maximum atomic E-state index is 10.5. The summed E-state index contributed by atoms with van der Waals surface area (Å²) in [5.74, 6) is 0. The monoisotopic (exact) mass is 201 g/mol. The quantitative estimate of drug-likeness (QED) is 0.507. The molecule has 0 spiro atoms. The van der Waals surface area contributed by atoms with Gasteiger partial charge in [0, 0.05) is 0 Å². The van der Waals surface area contributed by atoms with Crippen molar-refractivity contribution >= 4 is 6.08 Å². The van der Waals surface area contributed by atoms with Gasteiger partial charge in [0.05, 0.1) is 5.54 Å². The lowest BCUT2D eigenvalue weighted by molar-refractivity contribution is 0.408. The van der Waals surface area contributed by atoms with Gasteiger partial charge in [0.1, 0.15) is 0 Å². The van der Waals surface area contributed by atoms with E-state index in [0.29, 0.717) is 0 Å². The molecule has 0 fully saturated rings. The Morgan fingerprint density at radius 3 is 3.00 bits per heavy atom. The van der Waals surface area contributed by atoms with E-state index in [0.717, 1.165) is 19.3 Å². The number of benzene rings is 1. The maximum Gasteiger partial charge on any atom is 0.235 e. The van der Waals surface area contributed by atoms with Crippen LogP contribution in [0, 0.1) is 6.92 Å². The molecule has 15 heavy (non-hydrogen) atoms. The van der Waals surface area contributed by atoms with Crippen LogP contribution in [0.3, 0.4) is 0 Å². The van der Waals surface area contributed by atoms with E-state index in [2.05, 4.69) is 30.1 Å². The van der Waals surface area contributed by atoms with Crippen molar-refractivity contribution in [1.29, 1.82) is 0 Å². The van der Waals surface area contributed by atoms with E-state index in [1.807, 2.05) is 6.92 Å². The minimum Gasteiger partial charge on any atom is -0.211 e. The van der Waals surface area contributed by atoms with E-state index in [-0.39, 0.29) is 5.54 Å². The van der Waals surface area contributed by atoms with Gasteiger partial charge in [-0.15, -0.1) is 0 Å². The fourth-order valence-corrected chi connectivity index (χ4v) is 2.38. The molecule has 78 valence electrons. The topological polar surface area (TPSA) is 29.4 Å². The fourth-order valence-electron chi connectivity index (χ4n) is 2.38. The van der Waals surface area contributed by atoms with Crippen LogP contribution in [0.25, 0.3) is 0 Å². The molecule has 2 rings (SSSR count). The van der Waals surface area contributed by atoms with E-state index < -0.39 is 0 Å². The Kier molecular flexibility index (Phi) is 2.45. The molecule has 2 heteroatoms. The number of isocyanates is 1. The molecule has 0 heterocycles. The van der Waals surface area contributed by atoms with Crippen molar-refractivity contribution in [2.75, 3.05) is 0 Å². The first-order valence-corrected chi connectivity index (χ1v) is 5.35. The predicted octanol–water partition coefficient (Wildman–Crippen LogP) is 2.88. The molecule has 0 radical (unpaired) electrons. The maximum absolute atomic E-state index is 10.5. The SMILES string of the molecule is Cc1ccc2c(c1)C(C)(N=C=O)CCC2. The first-order chi connectivity index (χ1) is 7.15. The molecule has 1 aromatic carbocycles. The Morgan fingerprint density at radius 2 is 2.27 bits per heavy atom. The van der Waals surface area contributed by atoms with Gasteiger partial charge in [-0.2, -0.15) is 4.99 Å². The van der Waals surface area contributed by atoms with Crippen molar-refractivity contribution in [3.05, 3.63) is 34.9 Å². The Labute approximate surface area is 90.0 Å². The molecule has 0 N–H and O–H groups in total. The molecule has 0 aromatic heterocycles. The van der Waals surface area contributed by atoms with Gasteiger partial charge in [-0.3, -0.25) is 0 Å². The zero-order valence-electron chi connectivity index (χ0n) is 9.21. The number of fused-ring (bicyclic) bond motifs is 1. The highest BCUT2D eigenvalue weighted by atomic mass is 16.1. The molecule has 1 aromatic rings. The number of hydrogen-bond donors (Lipinski definition) is 0. The summed E-state index contributed by atoms with van der Waals surface area (Å²) in [6.45, 7) is 4.09. The van der Waals surface area contributed by atoms with Gasteiger partial charge >= 0.3 is 0 Å². The van der Waals surface area contributed by atoms with Crippen LogP contribution in [0.5, 0.6) is 0 Å². The molecule has 0 saturated carbocycles. The van der Waals surface area contributed by atoms with Crippen molar-refractivity contribution in [2.24, 2.45) is 4.99 Å². The number of aryl methyl sites for hydroxylation is 2. The molecule has 1 atom stereocenters. The lowest BCUT2D eigenvalue weighted by Crippen LogP contribution is -2.25. The summed E-state index contributed by atoms with van der Waals surface area (Å²) in [5.41, 5.74) is 3.41. The Hall–Kier alpha value is -1.40. The van der Waals surface area contributed by atoms with Crippen LogP contribution in [0.1, 0.15) is 36.5 Å². The van der Waals surface area contributed by atoms with Crippen LogP contribution in [0.2, 0.25) is 0 Å². The van der Waals surface area contributed by atoms with Gasteiger partial charge in [0.15, 0.2) is 0 Å². The Bertz CT molecular complexity index is 432. The van der Waals surface area contributed by atoms with Gasteiger partial charge in [-0.25, -0.2) is 4.79 Å². The number of carbonyl (C=O) groups excluding carboxylic acids is 1. The van der Waals surface area contributed by atoms with Gasteiger partial charge in [0.2, 0.25) is 6.08 Å². The predicted molar refractivity (Wildman–Crippen MR) is 59.6 cm³/mol. The molecule has 1 aliphatic carbocycles. The highest BCUT2D eigenvalue weighted by Gasteiger charge is 2.31. The van der Waals surface area contributed by atoms with E-state index in [1.54, 1.807) is 6.08 Å². The highest BCUT2D eigenvalue weighted by molar-refractivity contribution is 5.43. The smallest absolute Gasteiger partial charge is 0.211 e. The summed E-state index contributed by atoms with van der Waals surface area (Å²) in [6, 6.07) is 6.42. The van der Waals surface area contributed by atoms with Gasteiger partial charge in [-0.05, 0) is 44.2 Å². The Balaban J connectivity index is 2.58. The first kappa shape index (κ1) is 10.1. The largest absolute Gasteiger partial charge is 0.235 e. The van der Waals surface area contributed by atoms with E-state index in [9.17, 15) is 4.79 Å². The second-order valence-electron chi connectivity index (χ2n) is 4.49. The minimum absolute atomic E-state index is 0.346. The molecule has 1 aliphatic rings. The molecule has 2 nitrogen and oxygen atoms in total. The van der Waals surface area contributed by atoms with Crippen molar-refractivity contribution < 1.29 is 4.79 Å². The number of nitrogens with zero attached hydrogens (tertiary/aromatic N) is 1. The lowest BCUT2D eigenvalue weighted by Gasteiger charge is -2.31. The van der Waals surface area contributed by atoms with Crippen LogP contribution in [0.4, 0.5) is 0 Å². The third kappa shape index (κ3) is 1.73. The van der Waals surface area contributed by atoms with Gasteiger partial charge in [-0.1, -0.05) is 23.8 Å². The molecule has 0 saturated heterocycles. The van der Waals surface area contributed by atoms with Gasteiger partial charge in [0.25, 0.3) is 0 Å². The normalized spacial score (nSPS) is 24.1. The van der Waals surface area contributed by atoms with Crippen LogP contribution >= 0.6 is 0 Å². The third-order valence-corrected chi connectivity index (χ3v) is 3.25. The minimum atomic E-state index is -0.346. The second kappa shape index (κ2) is 3.63. The second-order valence-corrected chi connectivity index (χ2v) is 4.49. The standard InChI is InChI=1S/C13H15NO/c1-10-5-6-11-4-3-7-13(2,14-9-15)12(11)8-10/h5-6,8H,3-4,7H2,1-2H3. The zero-order chi connectivity index (χ0) is 10.9. The molecule has 0 aliphatic heterocycles. The number of aliphatic imine (C=N–C) groups is 1. The van der Waals surface area contributed by atoms with Gasteiger partial charge < -0.3 is 0 Å². The zero-order valence-corrected chi connectivity index (χ0v) is 9.21. The number of hydrogen-bond acceptors (Lipinski definition) is 2. The Morgan fingerprint density at radius 1 is 1.47 bits per heavy atom. The fraction of sp³-hybridized carbons (Fsp3) is 0.462. The summed E-state index contributed by atoms with van der Waals surface area (Å²) in [4.78, 5) is 14.5. The highest BCUT2D eigenvalue weighted by Crippen LogP contribution is 2.38. The number of rotatable bonds is 1. The molecule has 0 amide bonds. The summed E-state index contributed by atoms with van der Waals surface area (Å²) >= 11 is 0. The van der Waals surface area contributed by atoms with Crippen LogP contribution in [-0.4, -0.2) is 6.08 Å².